The zero-order valence-electron chi connectivity index (χ0n) is 19.5. The van der Waals surface area contributed by atoms with Gasteiger partial charge in [-0.25, -0.2) is 0 Å². The molecule has 164 valence electrons. The summed E-state index contributed by atoms with van der Waals surface area (Å²) in [6.45, 7) is 17.1. The molecule has 0 aliphatic rings. The van der Waals surface area contributed by atoms with Crippen molar-refractivity contribution in [2.45, 2.75) is 144 Å². The van der Waals surface area contributed by atoms with Crippen LogP contribution in [0.2, 0.25) is 0 Å². The van der Waals surface area contributed by atoms with Gasteiger partial charge in [-0.05, 0) is 0 Å². The summed E-state index contributed by atoms with van der Waals surface area (Å²) < 4.78 is 26.0. The van der Waals surface area contributed by atoms with Crippen molar-refractivity contribution >= 4 is 20.0 Å². The molecular weight excluding hydrogens is 447 g/mol. The van der Waals surface area contributed by atoms with Gasteiger partial charge in [-0.3, -0.25) is 0 Å². The van der Waals surface area contributed by atoms with Gasteiger partial charge in [0.1, 0.15) is 0 Å². The van der Waals surface area contributed by atoms with E-state index in [1.165, 1.54) is 38.5 Å². The molecule has 2 atom stereocenters. The van der Waals surface area contributed by atoms with E-state index in [1.807, 2.05) is 0 Å². The summed E-state index contributed by atoms with van der Waals surface area (Å²) in [6.07, 6.45) is 11.8. The maximum atomic E-state index is 6.64. The van der Waals surface area contributed by atoms with Crippen molar-refractivity contribution in [3.63, 3.8) is 0 Å². The molecule has 2 unspecified atom stereocenters. The van der Waals surface area contributed by atoms with Crippen LogP contribution in [0.15, 0.2) is 0 Å². The van der Waals surface area contributed by atoms with Gasteiger partial charge in [0, 0.05) is 0 Å². The second kappa shape index (κ2) is 16.4. The summed E-state index contributed by atoms with van der Waals surface area (Å²) in [7, 11) is 0. The molecular formula is C22H48O4Sn. The first-order valence-electron chi connectivity index (χ1n) is 11.5. The van der Waals surface area contributed by atoms with Crippen LogP contribution in [-0.4, -0.2) is 44.4 Å². The molecule has 5 heteroatoms. The minimum atomic E-state index is -4.13. The molecule has 0 radical (unpaired) electrons. The molecule has 0 saturated heterocycles. The van der Waals surface area contributed by atoms with E-state index in [2.05, 4.69) is 55.4 Å². The predicted molar refractivity (Wildman–Crippen MR) is 117 cm³/mol. The van der Waals surface area contributed by atoms with E-state index < -0.39 is 20.0 Å². The zero-order valence-corrected chi connectivity index (χ0v) is 22.4. The third-order valence-corrected chi connectivity index (χ3v) is 12.4. The molecule has 0 amide bonds. The normalized spacial score (nSPS) is 14.9. The number of rotatable bonds is 18. The third-order valence-electron chi connectivity index (χ3n) is 4.55. The summed E-state index contributed by atoms with van der Waals surface area (Å²) in [5, 5.41) is 0. The van der Waals surface area contributed by atoms with Gasteiger partial charge in [0.05, 0.1) is 0 Å². The van der Waals surface area contributed by atoms with Crippen molar-refractivity contribution in [2.75, 3.05) is 0 Å². The molecule has 27 heavy (non-hydrogen) atoms. The van der Waals surface area contributed by atoms with Crippen LogP contribution in [0.4, 0.5) is 0 Å². The molecule has 0 rings (SSSR count). The second-order valence-electron chi connectivity index (χ2n) is 8.12. The van der Waals surface area contributed by atoms with Crippen molar-refractivity contribution < 1.29 is 12.3 Å². The Morgan fingerprint density at radius 3 is 1.19 bits per heavy atom. The first-order chi connectivity index (χ1) is 12.8. The summed E-state index contributed by atoms with van der Waals surface area (Å²) in [5.41, 5.74) is 0. The van der Waals surface area contributed by atoms with Crippen molar-refractivity contribution in [1.29, 1.82) is 0 Å². The van der Waals surface area contributed by atoms with Crippen molar-refractivity contribution in [2.24, 2.45) is 0 Å². The van der Waals surface area contributed by atoms with E-state index in [-0.39, 0.29) is 24.4 Å². The van der Waals surface area contributed by atoms with E-state index >= 15 is 0 Å². The van der Waals surface area contributed by atoms with Crippen molar-refractivity contribution in [1.82, 2.24) is 0 Å². The van der Waals surface area contributed by atoms with Crippen molar-refractivity contribution in [3.8, 4) is 0 Å². The Bertz CT molecular complexity index is 304. The molecule has 0 bridgehead atoms. The van der Waals surface area contributed by atoms with E-state index in [9.17, 15) is 0 Å². The standard InChI is InChI=1S/2C8H17O.2C3H7O.Sn/c2*1-3-5-6-7-8(9)4-2;2*1-3(2)4;/h2*8H,3-7H2,1-2H3;2*3H,1-2H3;/q4*-1;+4. The van der Waals surface area contributed by atoms with Gasteiger partial charge < -0.3 is 0 Å². The SMILES string of the molecule is CCCCCC(CC)[O][Sn]([O]C(C)C)([O]C(C)C)[O]C(CC)CCCCC. The van der Waals surface area contributed by atoms with E-state index in [4.69, 9.17) is 12.3 Å². The number of hydrogen-bond donors (Lipinski definition) is 0. The molecule has 4 nitrogen and oxygen atoms in total. The van der Waals surface area contributed by atoms with Crippen LogP contribution < -0.4 is 0 Å². The molecule has 0 fully saturated rings. The van der Waals surface area contributed by atoms with Gasteiger partial charge >= 0.3 is 176 Å². The zero-order chi connectivity index (χ0) is 20.7. The van der Waals surface area contributed by atoms with Gasteiger partial charge in [0.25, 0.3) is 0 Å². The number of unbranched alkanes of at least 4 members (excludes halogenated alkanes) is 4. The minimum absolute atomic E-state index is 0.0424. The van der Waals surface area contributed by atoms with E-state index in [0.717, 1.165) is 25.7 Å². The van der Waals surface area contributed by atoms with Gasteiger partial charge in [-0.2, -0.15) is 0 Å². The summed E-state index contributed by atoms with van der Waals surface area (Å²) in [6, 6.07) is 0. The Hall–Kier alpha value is 0.639. The Labute approximate surface area is 176 Å². The van der Waals surface area contributed by atoms with Crippen LogP contribution in [0.3, 0.4) is 0 Å². The quantitative estimate of drug-likeness (QED) is 0.151. The Balaban J connectivity index is 5.32. The Morgan fingerprint density at radius 1 is 0.556 bits per heavy atom. The molecule has 0 aromatic rings. The molecule has 0 N–H and O–H groups in total. The molecule has 0 spiro atoms. The van der Waals surface area contributed by atoms with Crippen LogP contribution >= 0.6 is 0 Å². The Kier molecular flexibility index (Phi) is 16.8. The van der Waals surface area contributed by atoms with E-state index in [1.54, 1.807) is 0 Å². The average Bonchev–Trinajstić information content (AvgIpc) is 2.59. The van der Waals surface area contributed by atoms with Crippen LogP contribution in [-0.2, 0) is 12.3 Å². The first-order valence-corrected chi connectivity index (χ1v) is 16.2. The molecule has 0 heterocycles. The van der Waals surface area contributed by atoms with Crippen LogP contribution in [0.1, 0.15) is 120 Å². The predicted octanol–water partition coefficient (Wildman–Crippen LogP) is 7.02. The monoisotopic (exact) mass is 496 g/mol. The average molecular weight is 495 g/mol. The van der Waals surface area contributed by atoms with Gasteiger partial charge in [0.15, 0.2) is 0 Å². The Morgan fingerprint density at radius 2 is 0.926 bits per heavy atom. The van der Waals surface area contributed by atoms with E-state index in [0.29, 0.717) is 0 Å². The van der Waals surface area contributed by atoms with Crippen molar-refractivity contribution in [3.05, 3.63) is 0 Å². The summed E-state index contributed by atoms with van der Waals surface area (Å²) in [4.78, 5) is 0. The number of hydrogen-bond acceptors (Lipinski definition) is 4. The molecule has 0 saturated carbocycles. The third kappa shape index (κ3) is 13.5. The van der Waals surface area contributed by atoms with Crippen LogP contribution in [0.25, 0.3) is 0 Å². The van der Waals surface area contributed by atoms with Gasteiger partial charge in [-0.15, -0.1) is 0 Å². The van der Waals surface area contributed by atoms with Crippen LogP contribution in [0, 0.1) is 0 Å². The van der Waals surface area contributed by atoms with Gasteiger partial charge in [-0.1, -0.05) is 0 Å². The molecule has 0 aromatic heterocycles. The second-order valence-corrected chi connectivity index (χ2v) is 13.7. The topological polar surface area (TPSA) is 36.9 Å². The van der Waals surface area contributed by atoms with Crippen LogP contribution in [0.5, 0.6) is 0 Å². The molecule has 0 aromatic carbocycles. The maximum absolute atomic E-state index is 6.64. The first kappa shape index (κ1) is 27.6. The van der Waals surface area contributed by atoms with Gasteiger partial charge in [0.2, 0.25) is 0 Å². The fourth-order valence-electron chi connectivity index (χ4n) is 3.09. The fraction of sp³-hybridized carbons (Fsp3) is 1.00. The molecule has 0 aliphatic carbocycles. The fourth-order valence-corrected chi connectivity index (χ4v) is 11.3. The summed E-state index contributed by atoms with van der Waals surface area (Å²) >= 11 is -4.13. The molecule has 0 aliphatic heterocycles. The summed E-state index contributed by atoms with van der Waals surface area (Å²) in [5.74, 6) is 0.